The highest BCUT2D eigenvalue weighted by molar-refractivity contribution is 7.92. The number of sulfonamides is 1. The van der Waals surface area contributed by atoms with Crippen LogP contribution in [0.25, 0.3) is 11.3 Å². The van der Waals surface area contributed by atoms with Gasteiger partial charge in [0.25, 0.3) is 15.9 Å². The number of amides is 1. The molecule has 0 bridgehead atoms. The molecule has 4 aromatic rings. The smallest absolute Gasteiger partial charge is 0.261 e. The highest BCUT2D eigenvalue weighted by atomic mass is 32.2. The van der Waals surface area contributed by atoms with Crippen LogP contribution >= 0.6 is 11.3 Å². The summed E-state index contributed by atoms with van der Waals surface area (Å²) in [7, 11) is -3.83. The molecule has 0 aliphatic rings. The first-order valence-corrected chi connectivity index (χ1v) is 12.6. The number of nitrogens with one attached hydrogen (secondary N) is 2. The lowest BCUT2D eigenvalue weighted by molar-refractivity contribution is 0.102. The first kappa shape index (κ1) is 22.7. The zero-order chi connectivity index (χ0) is 23.6. The molecule has 0 fully saturated rings. The van der Waals surface area contributed by atoms with E-state index in [0.717, 1.165) is 22.4 Å². The molecular formula is C25H23N3O3S2. The predicted octanol–water partition coefficient (Wildman–Crippen LogP) is 5.79. The Labute approximate surface area is 197 Å². The molecule has 0 atom stereocenters. The molecule has 0 spiro atoms. The Kier molecular flexibility index (Phi) is 6.31. The number of hydrogen-bond donors (Lipinski definition) is 2. The maximum Gasteiger partial charge on any atom is 0.261 e. The zero-order valence-electron chi connectivity index (χ0n) is 18.4. The van der Waals surface area contributed by atoms with Crippen molar-refractivity contribution in [1.82, 2.24) is 4.98 Å². The molecule has 3 aromatic carbocycles. The summed E-state index contributed by atoms with van der Waals surface area (Å²) in [4.78, 5) is 17.7. The molecule has 0 aliphatic carbocycles. The Morgan fingerprint density at radius 3 is 2.24 bits per heavy atom. The maximum atomic E-state index is 13.0. The fraction of sp³-hybridized carbons (Fsp3) is 0.120. The van der Waals surface area contributed by atoms with Crippen LogP contribution < -0.4 is 10.0 Å². The summed E-state index contributed by atoms with van der Waals surface area (Å²) >= 11 is 1.32. The van der Waals surface area contributed by atoms with Crippen molar-refractivity contribution in [1.29, 1.82) is 0 Å². The quantitative estimate of drug-likeness (QED) is 0.368. The van der Waals surface area contributed by atoms with E-state index in [9.17, 15) is 13.2 Å². The number of para-hydroxylation sites is 1. The van der Waals surface area contributed by atoms with E-state index < -0.39 is 15.9 Å². The van der Waals surface area contributed by atoms with Crippen molar-refractivity contribution in [3.05, 3.63) is 94.4 Å². The minimum atomic E-state index is -3.83. The fourth-order valence-electron chi connectivity index (χ4n) is 3.77. The van der Waals surface area contributed by atoms with E-state index in [1.807, 2.05) is 19.2 Å². The van der Waals surface area contributed by atoms with Crippen LogP contribution in [0.3, 0.4) is 0 Å². The molecule has 0 radical (unpaired) electrons. The van der Waals surface area contributed by atoms with Gasteiger partial charge in [-0.3, -0.25) is 14.8 Å². The molecule has 168 valence electrons. The van der Waals surface area contributed by atoms with Crippen molar-refractivity contribution in [3.8, 4) is 11.3 Å². The molecule has 33 heavy (non-hydrogen) atoms. The highest BCUT2D eigenvalue weighted by Gasteiger charge is 2.19. The van der Waals surface area contributed by atoms with E-state index >= 15 is 0 Å². The second-order valence-electron chi connectivity index (χ2n) is 7.73. The summed E-state index contributed by atoms with van der Waals surface area (Å²) in [6.45, 7) is 6.14. The standard InChI is InChI=1S/C25H23N3O3S2/c1-16-13-17(2)23(18(3)14-16)22-15-32-25(26-22)27-24(29)20-11-7-8-12-21(20)28-33(30,31)19-9-5-4-6-10-19/h4-15,28H,1-3H3,(H,26,27,29). The van der Waals surface area contributed by atoms with Crippen molar-refractivity contribution >= 4 is 38.1 Å². The van der Waals surface area contributed by atoms with Crippen LogP contribution in [0.2, 0.25) is 0 Å². The molecule has 0 saturated carbocycles. The van der Waals surface area contributed by atoms with Gasteiger partial charge >= 0.3 is 0 Å². The minimum absolute atomic E-state index is 0.119. The van der Waals surface area contributed by atoms with E-state index in [2.05, 4.69) is 34.1 Å². The van der Waals surface area contributed by atoms with Gasteiger partial charge in [-0.1, -0.05) is 48.0 Å². The topological polar surface area (TPSA) is 88.2 Å². The van der Waals surface area contributed by atoms with Crippen molar-refractivity contribution in [3.63, 3.8) is 0 Å². The van der Waals surface area contributed by atoms with Crippen molar-refractivity contribution in [2.24, 2.45) is 0 Å². The Morgan fingerprint density at radius 1 is 0.909 bits per heavy atom. The van der Waals surface area contributed by atoms with Gasteiger partial charge in [-0.15, -0.1) is 11.3 Å². The number of hydrogen-bond acceptors (Lipinski definition) is 5. The van der Waals surface area contributed by atoms with Crippen LogP contribution in [0, 0.1) is 20.8 Å². The lowest BCUT2D eigenvalue weighted by Gasteiger charge is -2.12. The van der Waals surface area contributed by atoms with Crippen LogP contribution in [-0.4, -0.2) is 19.3 Å². The SMILES string of the molecule is Cc1cc(C)c(-c2csc(NC(=O)c3ccccc3NS(=O)(=O)c3ccccc3)n2)c(C)c1. The van der Waals surface area contributed by atoms with Gasteiger partial charge in [0.15, 0.2) is 5.13 Å². The summed E-state index contributed by atoms with van der Waals surface area (Å²) in [5.41, 5.74) is 5.67. The van der Waals surface area contributed by atoms with Crippen molar-refractivity contribution in [2.45, 2.75) is 25.7 Å². The number of nitrogens with zero attached hydrogens (tertiary/aromatic N) is 1. The average molecular weight is 478 g/mol. The Hall–Kier alpha value is -3.49. The van der Waals surface area contributed by atoms with Gasteiger partial charge in [-0.2, -0.15) is 0 Å². The van der Waals surface area contributed by atoms with Gasteiger partial charge < -0.3 is 0 Å². The molecule has 1 heterocycles. The Morgan fingerprint density at radius 2 is 1.55 bits per heavy atom. The summed E-state index contributed by atoms with van der Waals surface area (Å²) in [5, 5.41) is 5.15. The zero-order valence-corrected chi connectivity index (χ0v) is 20.0. The van der Waals surface area contributed by atoms with Crippen LogP contribution in [0.5, 0.6) is 0 Å². The van der Waals surface area contributed by atoms with E-state index in [-0.39, 0.29) is 16.1 Å². The number of carbonyl (C=O) groups excluding carboxylic acids is 1. The van der Waals surface area contributed by atoms with Gasteiger partial charge in [0.1, 0.15) is 0 Å². The van der Waals surface area contributed by atoms with Crippen LogP contribution in [-0.2, 0) is 10.0 Å². The van der Waals surface area contributed by atoms with Crippen molar-refractivity contribution < 1.29 is 13.2 Å². The number of rotatable bonds is 6. The molecule has 1 aromatic heterocycles. The lowest BCUT2D eigenvalue weighted by atomic mass is 9.98. The molecule has 4 rings (SSSR count). The number of aryl methyl sites for hydroxylation is 3. The summed E-state index contributed by atoms with van der Waals surface area (Å²) < 4.78 is 28.0. The molecule has 0 saturated heterocycles. The molecule has 2 N–H and O–H groups in total. The molecule has 8 heteroatoms. The van der Waals surface area contributed by atoms with Gasteiger partial charge in [0.2, 0.25) is 0 Å². The van der Waals surface area contributed by atoms with E-state index in [0.29, 0.717) is 5.13 Å². The summed E-state index contributed by atoms with van der Waals surface area (Å²) in [5.74, 6) is -0.445. The normalized spacial score (nSPS) is 11.2. The van der Waals surface area contributed by atoms with E-state index in [1.165, 1.54) is 29.0 Å². The lowest BCUT2D eigenvalue weighted by Crippen LogP contribution is -2.18. The molecule has 0 unspecified atom stereocenters. The van der Waals surface area contributed by atoms with Gasteiger partial charge in [0, 0.05) is 10.9 Å². The number of thiazole rings is 1. The summed E-state index contributed by atoms with van der Waals surface area (Å²) in [6.07, 6.45) is 0. The second-order valence-corrected chi connectivity index (χ2v) is 10.3. The molecule has 1 amide bonds. The first-order chi connectivity index (χ1) is 15.7. The van der Waals surface area contributed by atoms with Crippen molar-refractivity contribution in [2.75, 3.05) is 10.0 Å². The average Bonchev–Trinajstić information content (AvgIpc) is 3.21. The largest absolute Gasteiger partial charge is 0.298 e. The number of benzene rings is 3. The Bertz CT molecular complexity index is 1410. The Balaban J connectivity index is 1.58. The third-order valence-electron chi connectivity index (χ3n) is 5.13. The van der Waals surface area contributed by atoms with Gasteiger partial charge in [0.05, 0.1) is 21.8 Å². The number of anilines is 2. The third-order valence-corrected chi connectivity index (χ3v) is 7.27. The number of carbonyl (C=O) groups is 1. The maximum absolute atomic E-state index is 13.0. The minimum Gasteiger partial charge on any atom is -0.298 e. The first-order valence-electron chi connectivity index (χ1n) is 10.3. The van der Waals surface area contributed by atoms with Crippen LogP contribution in [0.4, 0.5) is 10.8 Å². The predicted molar refractivity (Wildman–Crippen MR) is 133 cm³/mol. The monoisotopic (exact) mass is 477 g/mol. The highest BCUT2D eigenvalue weighted by Crippen LogP contribution is 2.31. The summed E-state index contributed by atoms with van der Waals surface area (Å²) in [6, 6.07) is 18.7. The molecule has 6 nitrogen and oxygen atoms in total. The fourth-order valence-corrected chi connectivity index (χ4v) is 5.57. The number of aromatic nitrogens is 1. The third kappa shape index (κ3) is 4.97. The van der Waals surface area contributed by atoms with E-state index in [4.69, 9.17) is 0 Å². The second kappa shape index (κ2) is 9.17. The van der Waals surface area contributed by atoms with Gasteiger partial charge in [-0.05, 0) is 56.2 Å². The van der Waals surface area contributed by atoms with Crippen LogP contribution in [0.1, 0.15) is 27.0 Å². The van der Waals surface area contributed by atoms with Crippen LogP contribution in [0.15, 0.2) is 77.0 Å². The molecular weight excluding hydrogens is 454 g/mol. The van der Waals surface area contributed by atoms with E-state index in [1.54, 1.807) is 42.5 Å². The van der Waals surface area contributed by atoms with Gasteiger partial charge in [-0.25, -0.2) is 13.4 Å². The molecule has 0 aliphatic heterocycles.